The van der Waals surface area contributed by atoms with Crippen molar-refractivity contribution in [2.24, 2.45) is 0 Å². The smallest absolute Gasteiger partial charge is 0.243 e. The molecule has 0 unspecified atom stereocenters. The molecule has 0 spiro atoms. The molecule has 0 aliphatic heterocycles. The van der Waals surface area contributed by atoms with Gasteiger partial charge in [-0.15, -0.1) is 5.10 Å². The van der Waals surface area contributed by atoms with E-state index in [-0.39, 0.29) is 0 Å². The maximum Gasteiger partial charge on any atom is 0.243 e. The molecule has 3 heterocycles. The molecule has 7 nitrogen and oxygen atoms in total. The van der Waals surface area contributed by atoms with Crippen LogP contribution in [-0.2, 0) is 6.42 Å². The molecule has 0 radical (unpaired) electrons. The molecule has 0 aromatic carbocycles. The molecule has 0 bridgehead atoms. The van der Waals surface area contributed by atoms with Crippen molar-refractivity contribution in [1.29, 1.82) is 0 Å². The Kier molecular flexibility index (Phi) is 2.64. The molecule has 18 heavy (non-hydrogen) atoms. The number of pyridine rings is 1. The van der Waals surface area contributed by atoms with Crippen molar-refractivity contribution in [1.82, 2.24) is 29.8 Å². The van der Waals surface area contributed by atoms with E-state index < -0.39 is 0 Å². The predicted octanol–water partition coefficient (Wildman–Crippen LogP) is 0.810. The highest BCUT2D eigenvalue weighted by molar-refractivity contribution is 5.44. The first kappa shape index (κ1) is 10.7. The predicted molar refractivity (Wildman–Crippen MR) is 66.3 cm³/mol. The average Bonchev–Trinajstić information content (AvgIpc) is 2.97. The minimum Gasteiger partial charge on any atom is -0.352 e. The van der Waals surface area contributed by atoms with Crippen molar-refractivity contribution in [3.8, 4) is 0 Å². The summed E-state index contributed by atoms with van der Waals surface area (Å²) in [5.74, 6) is 1.47. The molecule has 3 aromatic heterocycles. The quantitative estimate of drug-likeness (QED) is 0.708. The minimum atomic E-state index is 0.625. The summed E-state index contributed by atoms with van der Waals surface area (Å²) < 4.78 is 1.77. The molecular weight excluding hydrogens is 230 g/mol. The fraction of sp³-hybridized carbons (Fsp3) is 0.273. The molecule has 0 aliphatic carbocycles. The Bertz CT molecular complexity index is 641. The number of hydrogen-bond donors (Lipinski definition) is 2. The van der Waals surface area contributed by atoms with Crippen LogP contribution in [-0.4, -0.2) is 36.3 Å². The molecule has 0 saturated carbocycles. The maximum absolute atomic E-state index is 4.37. The molecule has 3 aromatic rings. The number of hydrogen-bond acceptors (Lipinski definition) is 5. The molecule has 3 rings (SSSR count). The Hall–Kier alpha value is -2.44. The molecule has 0 aliphatic rings. The number of nitrogens with one attached hydrogen (secondary N) is 2. The summed E-state index contributed by atoms with van der Waals surface area (Å²) in [4.78, 5) is 8.42. The molecule has 2 N–H and O–H groups in total. The second-order valence-corrected chi connectivity index (χ2v) is 4.05. The number of fused-ring (bicyclic) bond motifs is 1. The lowest BCUT2D eigenvalue weighted by molar-refractivity contribution is 0.883. The fourth-order valence-corrected chi connectivity index (χ4v) is 1.70. The molecule has 0 saturated heterocycles. The van der Waals surface area contributed by atoms with Gasteiger partial charge in [0, 0.05) is 19.2 Å². The van der Waals surface area contributed by atoms with Crippen LogP contribution in [0.4, 0.5) is 5.95 Å². The van der Waals surface area contributed by atoms with Gasteiger partial charge in [-0.05, 0) is 18.6 Å². The number of aromatic nitrogens is 6. The Morgan fingerprint density at radius 1 is 1.39 bits per heavy atom. The highest BCUT2D eigenvalue weighted by Gasteiger charge is 2.03. The Balaban J connectivity index is 1.67. The van der Waals surface area contributed by atoms with E-state index in [2.05, 4.69) is 30.6 Å². The van der Waals surface area contributed by atoms with E-state index >= 15 is 0 Å². The van der Waals surface area contributed by atoms with Crippen molar-refractivity contribution in [2.45, 2.75) is 13.3 Å². The van der Waals surface area contributed by atoms with Gasteiger partial charge in [0.1, 0.15) is 12.2 Å². The number of aryl methyl sites for hydroxylation is 1. The van der Waals surface area contributed by atoms with Crippen LogP contribution < -0.4 is 5.32 Å². The van der Waals surface area contributed by atoms with E-state index in [1.807, 2.05) is 25.3 Å². The Labute approximate surface area is 103 Å². The third kappa shape index (κ3) is 2.15. The van der Waals surface area contributed by atoms with E-state index in [1.165, 1.54) is 6.33 Å². The number of nitrogens with zero attached hydrogens (tertiary/aromatic N) is 5. The van der Waals surface area contributed by atoms with Gasteiger partial charge in [0.15, 0.2) is 5.65 Å². The summed E-state index contributed by atoms with van der Waals surface area (Å²) in [5, 5.41) is 14.1. The number of aromatic amines is 1. The number of anilines is 1. The van der Waals surface area contributed by atoms with Crippen LogP contribution in [0, 0.1) is 6.92 Å². The SMILES string of the molecule is Cc1ccc2nc(NCCc3ncn[nH]3)nn2c1. The minimum absolute atomic E-state index is 0.625. The van der Waals surface area contributed by atoms with Crippen molar-refractivity contribution < 1.29 is 0 Å². The largest absolute Gasteiger partial charge is 0.352 e. The summed E-state index contributed by atoms with van der Waals surface area (Å²) in [7, 11) is 0. The van der Waals surface area contributed by atoms with Crippen LogP contribution in [0.5, 0.6) is 0 Å². The van der Waals surface area contributed by atoms with Crippen molar-refractivity contribution in [2.75, 3.05) is 11.9 Å². The molecule has 0 atom stereocenters. The monoisotopic (exact) mass is 243 g/mol. The topological polar surface area (TPSA) is 83.8 Å². The Morgan fingerprint density at radius 2 is 2.33 bits per heavy atom. The third-order valence-corrected chi connectivity index (χ3v) is 2.59. The van der Waals surface area contributed by atoms with E-state index in [0.29, 0.717) is 12.5 Å². The zero-order valence-corrected chi connectivity index (χ0v) is 9.96. The summed E-state index contributed by atoms with van der Waals surface area (Å²) in [6, 6.07) is 3.96. The van der Waals surface area contributed by atoms with Gasteiger partial charge < -0.3 is 5.32 Å². The van der Waals surface area contributed by atoms with Gasteiger partial charge in [-0.1, -0.05) is 6.07 Å². The average molecular weight is 243 g/mol. The zero-order valence-electron chi connectivity index (χ0n) is 9.96. The second kappa shape index (κ2) is 4.44. The number of H-pyrrole nitrogens is 1. The van der Waals surface area contributed by atoms with Gasteiger partial charge in [-0.3, -0.25) is 5.10 Å². The van der Waals surface area contributed by atoms with Gasteiger partial charge >= 0.3 is 0 Å². The second-order valence-electron chi connectivity index (χ2n) is 4.05. The lowest BCUT2D eigenvalue weighted by Gasteiger charge is -1.97. The third-order valence-electron chi connectivity index (χ3n) is 2.59. The zero-order chi connectivity index (χ0) is 12.4. The van der Waals surface area contributed by atoms with Gasteiger partial charge in [-0.2, -0.15) is 10.1 Å². The van der Waals surface area contributed by atoms with Gasteiger partial charge in [0.05, 0.1) is 0 Å². The van der Waals surface area contributed by atoms with Crippen LogP contribution in [0.1, 0.15) is 11.4 Å². The number of rotatable bonds is 4. The van der Waals surface area contributed by atoms with Gasteiger partial charge in [0.25, 0.3) is 0 Å². The summed E-state index contributed by atoms with van der Waals surface area (Å²) in [6.07, 6.45) is 4.21. The Morgan fingerprint density at radius 3 is 3.17 bits per heavy atom. The van der Waals surface area contributed by atoms with Crippen molar-refractivity contribution >= 4 is 11.6 Å². The molecule has 7 heteroatoms. The van der Waals surface area contributed by atoms with Crippen molar-refractivity contribution in [3.63, 3.8) is 0 Å². The molecule has 92 valence electrons. The van der Waals surface area contributed by atoms with E-state index in [1.54, 1.807) is 4.52 Å². The highest BCUT2D eigenvalue weighted by Crippen LogP contribution is 2.06. The first-order valence-electron chi connectivity index (χ1n) is 5.72. The lowest BCUT2D eigenvalue weighted by Crippen LogP contribution is -2.07. The molecule has 0 amide bonds. The van der Waals surface area contributed by atoms with Crippen LogP contribution in [0.2, 0.25) is 0 Å². The van der Waals surface area contributed by atoms with E-state index in [0.717, 1.165) is 23.5 Å². The fourth-order valence-electron chi connectivity index (χ4n) is 1.70. The highest BCUT2D eigenvalue weighted by atomic mass is 15.3. The normalized spacial score (nSPS) is 10.9. The standard InChI is InChI=1S/C11H13N7/c1-8-2-3-10-15-11(17-18(10)6-8)12-5-4-9-13-7-14-16-9/h2-3,6-7H,4-5H2,1H3,(H,12,17)(H,13,14,16). The maximum atomic E-state index is 4.37. The lowest BCUT2D eigenvalue weighted by atomic mass is 10.3. The summed E-state index contributed by atoms with van der Waals surface area (Å²) in [6.45, 7) is 2.74. The first-order valence-corrected chi connectivity index (χ1v) is 5.72. The molecular formula is C11H13N7. The van der Waals surface area contributed by atoms with Gasteiger partial charge in [0.2, 0.25) is 5.95 Å². The van der Waals surface area contributed by atoms with E-state index in [4.69, 9.17) is 0 Å². The van der Waals surface area contributed by atoms with Gasteiger partial charge in [-0.25, -0.2) is 9.50 Å². The van der Waals surface area contributed by atoms with Crippen LogP contribution in [0.25, 0.3) is 5.65 Å². The summed E-state index contributed by atoms with van der Waals surface area (Å²) in [5.41, 5.74) is 1.99. The van der Waals surface area contributed by atoms with E-state index in [9.17, 15) is 0 Å². The summed E-state index contributed by atoms with van der Waals surface area (Å²) >= 11 is 0. The van der Waals surface area contributed by atoms with Crippen LogP contribution in [0.3, 0.4) is 0 Å². The van der Waals surface area contributed by atoms with Crippen LogP contribution in [0.15, 0.2) is 24.7 Å². The first-order chi connectivity index (χ1) is 8.81. The molecule has 0 fully saturated rings. The van der Waals surface area contributed by atoms with Crippen molar-refractivity contribution in [3.05, 3.63) is 36.0 Å². The van der Waals surface area contributed by atoms with Crippen LogP contribution >= 0.6 is 0 Å².